The Labute approximate surface area is 120 Å². The van der Waals surface area contributed by atoms with Gasteiger partial charge in [-0.2, -0.15) is 0 Å². The third kappa shape index (κ3) is 2.19. The predicted octanol–water partition coefficient (Wildman–Crippen LogP) is 1.79. The fourth-order valence-electron chi connectivity index (χ4n) is 3.66. The number of aryl methyl sites for hydroxylation is 1. The zero-order valence-corrected chi connectivity index (χ0v) is 12.0. The van der Waals surface area contributed by atoms with E-state index in [9.17, 15) is 14.7 Å². The Morgan fingerprint density at radius 2 is 2.00 bits per heavy atom. The van der Waals surface area contributed by atoms with Gasteiger partial charge in [0.05, 0.1) is 11.8 Å². The molecule has 2 aliphatic rings. The summed E-state index contributed by atoms with van der Waals surface area (Å²) >= 11 is 1.35. The van der Waals surface area contributed by atoms with E-state index in [0.717, 1.165) is 30.7 Å². The molecule has 1 aromatic rings. The molecule has 2 fully saturated rings. The molecule has 0 aliphatic heterocycles. The summed E-state index contributed by atoms with van der Waals surface area (Å²) in [6, 6.07) is 0. The van der Waals surface area contributed by atoms with Gasteiger partial charge in [0.2, 0.25) is 11.0 Å². The van der Waals surface area contributed by atoms with E-state index >= 15 is 0 Å². The second-order valence-electron chi connectivity index (χ2n) is 5.57. The van der Waals surface area contributed by atoms with Gasteiger partial charge in [0, 0.05) is 0 Å². The number of carboxylic acid groups (broad SMARTS) is 1. The highest BCUT2D eigenvalue weighted by atomic mass is 32.1. The number of nitrogens with one attached hydrogen (secondary N) is 1. The van der Waals surface area contributed by atoms with Crippen molar-refractivity contribution in [3.63, 3.8) is 0 Å². The molecule has 0 radical (unpaired) electrons. The van der Waals surface area contributed by atoms with Crippen molar-refractivity contribution in [1.29, 1.82) is 0 Å². The summed E-state index contributed by atoms with van der Waals surface area (Å²) in [6.45, 7) is 1.97. The molecular formula is C13H17N3O3S. The quantitative estimate of drug-likeness (QED) is 0.883. The fourth-order valence-corrected chi connectivity index (χ4v) is 4.34. The number of anilines is 1. The van der Waals surface area contributed by atoms with E-state index in [4.69, 9.17) is 0 Å². The molecule has 0 spiro atoms. The number of rotatable bonds is 4. The van der Waals surface area contributed by atoms with Crippen LogP contribution in [0.3, 0.4) is 0 Å². The number of hydrogen-bond acceptors (Lipinski definition) is 5. The summed E-state index contributed by atoms with van der Waals surface area (Å²) < 4.78 is 0. The molecule has 0 saturated heterocycles. The van der Waals surface area contributed by atoms with Gasteiger partial charge in [-0.3, -0.25) is 9.59 Å². The van der Waals surface area contributed by atoms with Crippen LogP contribution in [0.25, 0.3) is 0 Å². The summed E-state index contributed by atoms with van der Waals surface area (Å²) in [7, 11) is 0. The molecule has 2 saturated carbocycles. The first kappa shape index (κ1) is 13.5. The number of carbonyl (C=O) groups is 2. The first-order valence-electron chi connectivity index (χ1n) is 6.96. The molecule has 2 bridgehead atoms. The van der Waals surface area contributed by atoms with Crippen molar-refractivity contribution in [3.8, 4) is 0 Å². The Morgan fingerprint density at radius 1 is 1.30 bits per heavy atom. The largest absolute Gasteiger partial charge is 0.481 e. The summed E-state index contributed by atoms with van der Waals surface area (Å²) in [5, 5.41) is 21.3. The monoisotopic (exact) mass is 295 g/mol. The highest BCUT2D eigenvalue weighted by Crippen LogP contribution is 2.52. The van der Waals surface area contributed by atoms with Crippen LogP contribution < -0.4 is 5.32 Å². The number of hydrogen-bond donors (Lipinski definition) is 2. The van der Waals surface area contributed by atoms with E-state index in [2.05, 4.69) is 15.5 Å². The average Bonchev–Trinajstić information content (AvgIpc) is 3.12. The summed E-state index contributed by atoms with van der Waals surface area (Å²) in [4.78, 5) is 23.8. The number of carboxylic acids is 1. The minimum absolute atomic E-state index is 0.161. The zero-order chi connectivity index (χ0) is 14.3. The number of aliphatic carboxylic acids is 1. The van der Waals surface area contributed by atoms with E-state index in [0.29, 0.717) is 5.13 Å². The van der Waals surface area contributed by atoms with Crippen LogP contribution in [-0.4, -0.2) is 27.2 Å². The molecule has 2 aliphatic carbocycles. The molecule has 1 heterocycles. The van der Waals surface area contributed by atoms with Gasteiger partial charge in [0.25, 0.3) is 0 Å². The maximum Gasteiger partial charge on any atom is 0.307 e. The van der Waals surface area contributed by atoms with E-state index in [1.807, 2.05) is 6.92 Å². The third-order valence-corrected chi connectivity index (χ3v) is 5.49. The molecule has 1 aromatic heterocycles. The minimum atomic E-state index is -0.844. The van der Waals surface area contributed by atoms with Gasteiger partial charge in [0.15, 0.2) is 0 Å². The highest BCUT2D eigenvalue weighted by Gasteiger charge is 2.54. The third-order valence-electron chi connectivity index (χ3n) is 4.50. The Kier molecular flexibility index (Phi) is 3.45. The molecule has 6 nitrogen and oxygen atoms in total. The van der Waals surface area contributed by atoms with E-state index < -0.39 is 17.8 Å². The van der Waals surface area contributed by atoms with Gasteiger partial charge in [-0.25, -0.2) is 0 Å². The highest BCUT2D eigenvalue weighted by molar-refractivity contribution is 7.15. The van der Waals surface area contributed by atoms with Gasteiger partial charge in [0.1, 0.15) is 5.01 Å². The average molecular weight is 295 g/mol. The van der Waals surface area contributed by atoms with Crippen LogP contribution in [0.15, 0.2) is 0 Å². The van der Waals surface area contributed by atoms with Crippen LogP contribution in [-0.2, 0) is 16.0 Å². The second-order valence-corrected chi connectivity index (χ2v) is 6.63. The lowest BCUT2D eigenvalue weighted by Crippen LogP contribution is -2.37. The first-order chi connectivity index (χ1) is 9.60. The molecule has 4 atom stereocenters. The van der Waals surface area contributed by atoms with Gasteiger partial charge < -0.3 is 10.4 Å². The fraction of sp³-hybridized carbons (Fsp3) is 0.692. The van der Waals surface area contributed by atoms with Crippen molar-refractivity contribution in [2.45, 2.75) is 32.6 Å². The smallest absolute Gasteiger partial charge is 0.307 e. The maximum atomic E-state index is 12.4. The molecule has 2 N–H and O–H groups in total. The van der Waals surface area contributed by atoms with Gasteiger partial charge >= 0.3 is 5.97 Å². The van der Waals surface area contributed by atoms with Crippen molar-refractivity contribution in [2.24, 2.45) is 23.7 Å². The molecule has 108 valence electrons. The lowest BCUT2D eigenvalue weighted by atomic mass is 9.79. The van der Waals surface area contributed by atoms with Gasteiger partial charge in [-0.05, 0) is 37.5 Å². The Bertz CT molecular complexity index is 545. The SMILES string of the molecule is CCc1nnc(NC(=O)C2C3CCC(C3)C2C(=O)O)s1. The number of nitrogens with zero attached hydrogens (tertiary/aromatic N) is 2. The molecule has 0 aromatic carbocycles. The molecule has 1 amide bonds. The molecular weight excluding hydrogens is 278 g/mol. The Morgan fingerprint density at radius 3 is 2.60 bits per heavy atom. The normalized spacial score (nSPS) is 31.4. The Balaban J connectivity index is 1.74. The van der Waals surface area contributed by atoms with Crippen molar-refractivity contribution in [2.75, 3.05) is 5.32 Å². The topological polar surface area (TPSA) is 92.2 Å². The summed E-state index contributed by atoms with van der Waals surface area (Å²) in [5.41, 5.74) is 0. The summed E-state index contributed by atoms with van der Waals surface area (Å²) in [5.74, 6) is -1.63. The molecule has 20 heavy (non-hydrogen) atoms. The maximum absolute atomic E-state index is 12.4. The van der Waals surface area contributed by atoms with Crippen molar-refractivity contribution >= 4 is 28.3 Å². The lowest BCUT2D eigenvalue weighted by molar-refractivity contribution is -0.148. The second kappa shape index (κ2) is 5.12. The van der Waals surface area contributed by atoms with Gasteiger partial charge in [-0.15, -0.1) is 10.2 Å². The standard InChI is InChI=1S/C13H17N3O3S/c1-2-8-15-16-13(20-8)14-11(17)9-6-3-4-7(5-6)10(9)12(18)19/h6-7,9-10H,2-5H2,1H3,(H,18,19)(H,14,16,17). The lowest BCUT2D eigenvalue weighted by Gasteiger charge is -2.26. The number of amides is 1. The van der Waals surface area contributed by atoms with Crippen LogP contribution in [0, 0.1) is 23.7 Å². The van der Waals surface area contributed by atoms with Crippen LogP contribution in [0.4, 0.5) is 5.13 Å². The zero-order valence-electron chi connectivity index (χ0n) is 11.2. The van der Waals surface area contributed by atoms with Crippen LogP contribution in [0.2, 0.25) is 0 Å². The Hall–Kier alpha value is -1.50. The van der Waals surface area contributed by atoms with Crippen molar-refractivity contribution in [1.82, 2.24) is 10.2 Å². The van der Waals surface area contributed by atoms with E-state index in [1.165, 1.54) is 11.3 Å². The van der Waals surface area contributed by atoms with Crippen molar-refractivity contribution < 1.29 is 14.7 Å². The van der Waals surface area contributed by atoms with Crippen LogP contribution in [0.5, 0.6) is 0 Å². The summed E-state index contributed by atoms with van der Waals surface area (Å²) in [6.07, 6.45) is 3.54. The van der Waals surface area contributed by atoms with Crippen LogP contribution in [0.1, 0.15) is 31.2 Å². The number of fused-ring (bicyclic) bond motifs is 2. The first-order valence-corrected chi connectivity index (χ1v) is 7.77. The molecule has 3 rings (SSSR count). The molecule has 4 unspecified atom stereocenters. The van der Waals surface area contributed by atoms with Crippen molar-refractivity contribution in [3.05, 3.63) is 5.01 Å². The van der Waals surface area contributed by atoms with E-state index in [1.54, 1.807) is 0 Å². The predicted molar refractivity (Wildman–Crippen MR) is 73.4 cm³/mol. The molecule has 7 heteroatoms. The van der Waals surface area contributed by atoms with Crippen LogP contribution >= 0.6 is 11.3 Å². The number of carbonyl (C=O) groups excluding carboxylic acids is 1. The minimum Gasteiger partial charge on any atom is -0.481 e. The van der Waals surface area contributed by atoms with E-state index in [-0.39, 0.29) is 17.7 Å². The van der Waals surface area contributed by atoms with Gasteiger partial charge in [-0.1, -0.05) is 18.3 Å². The number of aromatic nitrogens is 2.